The van der Waals surface area contributed by atoms with Crippen molar-refractivity contribution in [1.29, 1.82) is 0 Å². The summed E-state index contributed by atoms with van der Waals surface area (Å²) in [5.74, 6) is 0.663. The van der Waals surface area contributed by atoms with Crippen LogP contribution in [-0.2, 0) is 0 Å². The number of para-hydroxylation sites is 2. The number of rotatable bonds is 4. The Labute approximate surface area is 303 Å². The van der Waals surface area contributed by atoms with Crippen LogP contribution >= 0.6 is 11.3 Å². The molecular formula is C48H29N3S. The third-order valence-corrected chi connectivity index (χ3v) is 11.6. The highest BCUT2D eigenvalue weighted by molar-refractivity contribution is 7.26. The molecule has 8 aromatic carbocycles. The summed E-state index contributed by atoms with van der Waals surface area (Å²) in [5.41, 5.74) is 9.93. The molecule has 0 atom stereocenters. The minimum absolute atomic E-state index is 0.663. The normalized spacial score (nSPS) is 11.8. The Kier molecular flexibility index (Phi) is 6.42. The zero-order valence-corrected chi connectivity index (χ0v) is 28.8. The molecule has 0 spiro atoms. The van der Waals surface area contributed by atoms with Gasteiger partial charge >= 0.3 is 0 Å². The molecule has 52 heavy (non-hydrogen) atoms. The Morgan fingerprint density at radius 1 is 0.423 bits per heavy atom. The molecule has 0 N–H and O–H groups in total. The monoisotopic (exact) mass is 679 g/mol. The van der Waals surface area contributed by atoms with Crippen molar-refractivity contribution in [2.75, 3.05) is 0 Å². The van der Waals surface area contributed by atoms with Crippen LogP contribution in [0.2, 0.25) is 0 Å². The van der Waals surface area contributed by atoms with E-state index in [1.165, 1.54) is 64.0 Å². The number of fused-ring (bicyclic) bond motifs is 9. The third kappa shape index (κ3) is 4.45. The van der Waals surface area contributed by atoms with E-state index in [1.54, 1.807) is 0 Å². The lowest BCUT2D eigenvalue weighted by Crippen LogP contribution is -2.03. The van der Waals surface area contributed by atoms with Crippen LogP contribution in [0.4, 0.5) is 0 Å². The first-order valence-corrected chi connectivity index (χ1v) is 18.4. The molecule has 0 saturated heterocycles. The number of aromatic nitrogens is 3. The SMILES string of the molecule is c1ccc(-c2ccc(-c3nc(-n4c5ccccc5c5ccc6ccc(-c7cccc8c7sc7ccccc78)cc6c54)nc4ccccc34)cc2)cc1. The predicted molar refractivity (Wildman–Crippen MR) is 221 cm³/mol. The lowest BCUT2D eigenvalue weighted by atomic mass is 9.98. The van der Waals surface area contributed by atoms with E-state index in [0.29, 0.717) is 5.95 Å². The van der Waals surface area contributed by atoms with E-state index in [1.807, 2.05) is 11.3 Å². The molecule has 0 aliphatic heterocycles. The minimum atomic E-state index is 0.663. The Bertz CT molecular complexity index is 3170. The number of nitrogens with zero attached hydrogens (tertiary/aromatic N) is 3. The van der Waals surface area contributed by atoms with Crippen LogP contribution in [0.5, 0.6) is 0 Å². The number of hydrogen-bond acceptors (Lipinski definition) is 3. The second-order valence-corrected chi connectivity index (χ2v) is 14.4. The molecule has 3 nitrogen and oxygen atoms in total. The van der Waals surface area contributed by atoms with E-state index in [4.69, 9.17) is 9.97 Å². The Morgan fingerprint density at radius 2 is 1.10 bits per heavy atom. The van der Waals surface area contributed by atoms with Crippen molar-refractivity contribution in [3.8, 4) is 39.5 Å². The van der Waals surface area contributed by atoms with Crippen LogP contribution in [0.25, 0.3) is 103 Å². The highest BCUT2D eigenvalue weighted by Gasteiger charge is 2.20. The number of thiophene rings is 1. The smallest absolute Gasteiger partial charge is 0.235 e. The standard InChI is InChI=1S/C48H29N3S/c1-2-11-30(12-3-1)31-21-24-33(25-22-31)45-40-15-4-7-18-42(40)49-48(50-45)51-43-19-8-5-13-36(43)38-28-27-32-23-26-34(29-41(32)46(38)51)35-16-10-17-39-37-14-6-9-20-44(37)52-47(35)39/h1-29H. The zero-order chi connectivity index (χ0) is 34.2. The van der Waals surface area contributed by atoms with E-state index in [2.05, 4.69) is 180 Å². The topological polar surface area (TPSA) is 30.7 Å². The summed E-state index contributed by atoms with van der Waals surface area (Å²) in [6.07, 6.45) is 0. The van der Waals surface area contributed by atoms with Crippen molar-refractivity contribution >= 4 is 75.0 Å². The molecule has 242 valence electrons. The molecule has 11 aromatic rings. The van der Waals surface area contributed by atoms with Gasteiger partial charge in [-0.05, 0) is 51.9 Å². The van der Waals surface area contributed by atoms with Gasteiger partial charge in [-0.2, -0.15) is 0 Å². The lowest BCUT2D eigenvalue weighted by molar-refractivity contribution is 1.02. The van der Waals surface area contributed by atoms with Crippen molar-refractivity contribution in [3.63, 3.8) is 0 Å². The van der Waals surface area contributed by atoms with Crippen LogP contribution in [0, 0.1) is 0 Å². The fourth-order valence-corrected chi connectivity index (χ4v) is 9.20. The summed E-state index contributed by atoms with van der Waals surface area (Å²) >= 11 is 1.87. The summed E-state index contributed by atoms with van der Waals surface area (Å²) in [7, 11) is 0. The second kappa shape index (κ2) is 11.5. The van der Waals surface area contributed by atoms with Crippen LogP contribution in [0.1, 0.15) is 0 Å². The van der Waals surface area contributed by atoms with Crippen molar-refractivity contribution < 1.29 is 0 Å². The van der Waals surface area contributed by atoms with Crippen molar-refractivity contribution in [2.45, 2.75) is 0 Å². The molecule has 0 unspecified atom stereocenters. The van der Waals surface area contributed by atoms with Crippen LogP contribution < -0.4 is 0 Å². The van der Waals surface area contributed by atoms with Gasteiger partial charge in [0.1, 0.15) is 0 Å². The molecule has 0 radical (unpaired) electrons. The molecule has 0 bridgehead atoms. The number of hydrogen-bond donors (Lipinski definition) is 0. The predicted octanol–water partition coefficient (Wildman–Crippen LogP) is 13.2. The molecule has 0 saturated carbocycles. The first-order valence-electron chi connectivity index (χ1n) is 17.6. The average molecular weight is 680 g/mol. The maximum atomic E-state index is 5.42. The molecule has 0 fully saturated rings. The quantitative estimate of drug-likeness (QED) is 0.185. The van der Waals surface area contributed by atoms with Gasteiger partial charge in [0.15, 0.2) is 0 Å². The molecule has 11 rings (SSSR count). The van der Waals surface area contributed by atoms with E-state index < -0.39 is 0 Å². The van der Waals surface area contributed by atoms with Crippen LogP contribution in [0.15, 0.2) is 176 Å². The molecule has 4 heteroatoms. The third-order valence-electron chi connectivity index (χ3n) is 10.4. The van der Waals surface area contributed by atoms with Crippen molar-refractivity contribution in [1.82, 2.24) is 14.5 Å². The van der Waals surface area contributed by atoms with Crippen molar-refractivity contribution in [2.24, 2.45) is 0 Å². The van der Waals surface area contributed by atoms with Gasteiger partial charge in [0.25, 0.3) is 0 Å². The lowest BCUT2D eigenvalue weighted by Gasteiger charge is -2.13. The summed E-state index contributed by atoms with van der Waals surface area (Å²) < 4.78 is 4.91. The molecule has 3 heterocycles. The van der Waals surface area contributed by atoms with Gasteiger partial charge in [-0.3, -0.25) is 4.57 Å². The van der Waals surface area contributed by atoms with Gasteiger partial charge in [-0.1, -0.05) is 152 Å². The molecule has 3 aromatic heterocycles. The average Bonchev–Trinajstić information content (AvgIpc) is 3.77. The summed E-state index contributed by atoms with van der Waals surface area (Å²) in [6, 6.07) is 63.1. The molecule has 0 amide bonds. The largest absolute Gasteiger partial charge is 0.277 e. The maximum Gasteiger partial charge on any atom is 0.235 e. The van der Waals surface area contributed by atoms with Gasteiger partial charge < -0.3 is 0 Å². The molecule has 0 aliphatic carbocycles. The van der Waals surface area contributed by atoms with E-state index in [0.717, 1.165) is 33.2 Å². The van der Waals surface area contributed by atoms with E-state index >= 15 is 0 Å². The first-order chi connectivity index (χ1) is 25.8. The summed E-state index contributed by atoms with van der Waals surface area (Å²) in [6.45, 7) is 0. The van der Waals surface area contributed by atoms with E-state index in [-0.39, 0.29) is 0 Å². The van der Waals surface area contributed by atoms with Gasteiger partial charge in [-0.15, -0.1) is 11.3 Å². The van der Waals surface area contributed by atoms with Crippen molar-refractivity contribution in [3.05, 3.63) is 176 Å². The van der Waals surface area contributed by atoms with Gasteiger partial charge in [0.2, 0.25) is 5.95 Å². The van der Waals surface area contributed by atoms with E-state index in [9.17, 15) is 0 Å². The highest BCUT2D eigenvalue weighted by Crippen LogP contribution is 2.42. The number of benzene rings is 8. The minimum Gasteiger partial charge on any atom is -0.277 e. The Balaban J connectivity index is 1.17. The fourth-order valence-electron chi connectivity index (χ4n) is 7.96. The second-order valence-electron chi connectivity index (χ2n) is 13.4. The Hall–Kier alpha value is -6.62. The molecular weight excluding hydrogens is 651 g/mol. The Morgan fingerprint density at radius 3 is 1.98 bits per heavy atom. The first kappa shape index (κ1) is 29.1. The van der Waals surface area contributed by atoms with Crippen LogP contribution in [-0.4, -0.2) is 14.5 Å². The summed E-state index contributed by atoms with van der Waals surface area (Å²) in [4.78, 5) is 10.7. The van der Waals surface area contributed by atoms with Crippen LogP contribution in [0.3, 0.4) is 0 Å². The zero-order valence-electron chi connectivity index (χ0n) is 28.0. The van der Waals surface area contributed by atoms with Gasteiger partial charge in [-0.25, -0.2) is 9.97 Å². The molecule has 0 aliphatic rings. The summed E-state index contributed by atoms with van der Waals surface area (Å²) in [5, 5.41) is 8.37. The van der Waals surface area contributed by atoms with Gasteiger partial charge in [0.05, 0.1) is 22.2 Å². The van der Waals surface area contributed by atoms with Gasteiger partial charge in [0, 0.05) is 47.3 Å². The highest BCUT2D eigenvalue weighted by atomic mass is 32.1. The maximum absolute atomic E-state index is 5.42. The fraction of sp³-hybridized carbons (Fsp3) is 0.